The van der Waals surface area contributed by atoms with Crippen molar-refractivity contribution in [3.05, 3.63) is 41.6 Å². The molecule has 0 fully saturated rings. The number of carbonyl (C=O) groups excluding carboxylic acids is 1. The first-order valence-electron chi connectivity index (χ1n) is 7.94. The molecule has 0 saturated heterocycles. The summed E-state index contributed by atoms with van der Waals surface area (Å²) in [5.74, 6) is -1.82. The van der Waals surface area contributed by atoms with E-state index in [9.17, 15) is 31.5 Å². The molecule has 0 N–H and O–H groups in total. The predicted octanol–water partition coefficient (Wildman–Crippen LogP) is 1.81. The molecule has 2 heterocycles. The number of benzene rings is 1. The largest absolute Gasteiger partial charge is 0.545 e. The number of aromatic nitrogens is 3. The third kappa shape index (κ3) is 3.33. The number of aromatic carboxylic acids is 1. The number of carboxylic acid groups (broad SMARTS) is 1. The summed E-state index contributed by atoms with van der Waals surface area (Å²) in [4.78, 5) is 18.7. The minimum absolute atomic E-state index is 0.0405. The van der Waals surface area contributed by atoms with Gasteiger partial charge in [0.25, 0.3) is 0 Å². The van der Waals surface area contributed by atoms with E-state index >= 15 is 0 Å². The lowest BCUT2D eigenvalue weighted by atomic mass is 10.1. The van der Waals surface area contributed by atoms with Gasteiger partial charge in [0.1, 0.15) is 11.3 Å². The third-order valence-electron chi connectivity index (χ3n) is 4.21. The fraction of sp³-hybridized carbons (Fsp3) is 0.235. The Morgan fingerprint density at radius 2 is 1.93 bits per heavy atom. The van der Waals surface area contributed by atoms with Gasteiger partial charge in [-0.15, -0.1) is 0 Å². The monoisotopic (exact) mass is 412 g/mol. The van der Waals surface area contributed by atoms with Gasteiger partial charge in [-0.25, -0.2) is 18.4 Å². The fourth-order valence-electron chi connectivity index (χ4n) is 2.72. The van der Waals surface area contributed by atoms with Crippen molar-refractivity contribution in [2.75, 3.05) is 5.75 Å². The number of pyridine rings is 1. The molecule has 0 unspecified atom stereocenters. The van der Waals surface area contributed by atoms with Crippen LogP contribution in [0.2, 0.25) is 0 Å². The summed E-state index contributed by atoms with van der Waals surface area (Å²) in [6, 6.07) is 4.15. The van der Waals surface area contributed by atoms with E-state index in [0.29, 0.717) is 6.20 Å². The molecule has 11 heteroatoms. The van der Waals surface area contributed by atoms with Crippen LogP contribution in [0, 0.1) is 0 Å². The highest BCUT2D eigenvalue weighted by Crippen LogP contribution is 2.33. The number of nitrogens with zero attached hydrogens (tertiary/aromatic N) is 3. The van der Waals surface area contributed by atoms with Gasteiger partial charge >= 0.3 is 6.18 Å². The van der Waals surface area contributed by atoms with Crippen molar-refractivity contribution < 1.29 is 31.5 Å². The predicted molar refractivity (Wildman–Crippen MR) is 91.0 cm³/mol. The molecule has 0 aliphatic carbocycles. The highest BCUT2D eigenvalue weighted by atomic mass is 32.2. The highest BCUT2D eigenvalue weighted by Gasteiger charge is 2.32. The molecule has 3 aromatic rings. The first-order chi connectivity index (χ1) is 13.0. The molecule has 7 nitrogen and oxygen atoms in total. The van der Waals surface area contributed by atoms with Crippen LogP contribution in [0.1, 0.15) is 22.8 Å². The van der Waals surface area contributed by atoms with Crippen molar-refractivity contribution in [3.8, 4) is 11.4 Å². The van der Waals surface area contributed by atoms with Crippen molar-refractivity contribution >= 4 is 27.0 Å². The van der Waals surface area contributed by atoms with Gasteiger partial charge < -0.3 is 14.5 Å². The van der Waals surface area contributed by atoms with Crippen molar-refractivity contribution in [3.63, 3.8) is 0 Å². The summed E-state index contributed by atoms with van der Waals surface area (Å²) in [5.41, 5.74) is -1.23. The van der Waals surface area contributed by atoms with E-state index in [2.05, 4.69) is 9.97 Å². The molecule has 0 atom stereocenters. The Labute approximate surface area is 157 Å². The Morgan fingerprint density at radius 3 is 2.50 bits per heavy atom. The lowest BCUT2D eigenvalue weighted by Gasteiger charge is -2.12. The zero-order chi connectivity index (χ0) is 20.9. The molecule has 0 radical (unpaired) electrons. The maximum Gasteiger partial charge on any atom is 0.417 e. The third-order valence-corrected chi connectivity index (χ3v) is 5.98. The standard InChI is InChI=1S/C17H14F3N3O4S/c1-3-28(26,27)13-6-9(16(24)25)4-5-11(13)14-22-12-7-10(17(18,19)20)8-21-15(12)23(14)2/h4-8H,3H2,1-2H3,(H,24,25)/p-1. The average molecular weight is 412 g/mol. The van der Waals surface area contributed by atoms with Gasteiger partial charge in [-0.3, -0.25) is 0 Å². The van der Waals surface area contributed by atoms with Crippen LogP contribution in [0.5, 0.6) is 0 Å². The van der Waals surface area contributed by atoms with E-state index in [1.54, 1.807) is 0 Å². The SMILES string of the molecule is CCS(=O)(=O)c1cc(C(=O)[O-])ccc1-c1nc2cc(C(F)(F)F)cnc2n1C. The van der Waals surface area contributed by atoms with Gasteiger partial charge in [-0.1, -0.05) is 13.0 Å². The van der Waals surface area contributed by atoms with E-state index < -0.39 is 27.5 Å². The summed E-state index contributed by atoms with van der Waals surface area (Å²) < 4.78 is 65.0. The first-order valence-corrected chi connectivity index (χ1v) is 9.59. The fourth-order valence-corrected chi connectivity index (χ4v) is 3.83. The molecule has 0 aliphatic heterocycles. The summed E-state index contributed by atoms with van der Waals surface area (Å²) in [7, 11) is -2.39. The number of halogens is 3. The van der Waals surface area contributed by atoms with Crippen molar-refractivity contribution in [1.29, 1.82) is 0 Å². The van der Waals surface area contributed by atoms with Crippen LogP contribution in [0.15, 0.2) is 35.4 Å². The van der Waals surface area contributed by atoms with Gasteiger partial charge in [-0.2, -0.15) is 13.2 Å². The number of sulfone groups is 1. The van der Waals surface area contributed by atoms with E-state index in [1.165, 1.54) is 24.6 Å². The second-order valence-electron chi connectivity index (χ2n) is 5.96. The molecule has 1 aromatic carbocycles. The lowest BCUT2D eigenvalue weighted by Crippen LogP contribution is -2.22. The first kappa shape index (κ1) is 19.8. The van der Waals surface area contributed by atoms with Crippen LogP contribution in [-0.2, 0) is 23.1 Å². The summed E-state index contributed by atoms with van der Waals surface area (Å²) in [6.07, 6.45) is -3.94. The van der Waals surface area contributed by atoms with Crippen LogP contribution >= 0.6 is 0 Å². The van der Waals surface area contributed by atoms with Gasteiger partial charge in [0, 0.05) is 18.8 Å². The summed E-state index contributed by atoms with van der Waals surface area (Å²) in [5, 5.41) is 11.1. The number of imidazole rings is 1. The Hall–Kier alpha value is -2.95. The number of carboxylic acids is 1. The smallest absolute Gasteiger partial charge is 0.417 e. The average Bonchev–Trinajstić information content (AvgIpc) is 2.96. The molecule has 28 heavy (non-hydrogen) atoms. The van der Waals surface area contributed by atoms with E-state index in [4.69, 9.17) is 0 Å². The number of fused-ring (bicyclic) bond motifs is 1. The zero-order valence-corrected chi connectivity index (χ0v) is 15.4. The molecule has 3 rings (SSSR count). The van der Waals surface area contributed by atoms with Crippen LogP contribution in [0.4, 0.5) is 13.2 Å². The van der Waals surface area contributed by atoms with Gasteiger partial charge in [0.15, 0.2) is 15.5 Å². The second kappa shape index (κ2) is 6.59. The second-order valence-corrected chi connectivity index (χ2v) is 8.21. The maximum absolute atomic E-state index is 12.9. The molecule has 0 spiro atoms. The quantitative estimate of drug-likeness (QED) is 0.647. The number of hydrogen-bond acceptors (Lipinski definition) is 6. The molecule has 0 saturated carbocycles. The maximum atomic E-state index is 12.9. The zero-order valence-electron chi connectivity index (χ0n) is 14.6. The number of hydrogen-bond donors (Lipinski definition) is 0. The minimum Gasteiger partial charge on any atom is -0.545 e. The number of aryl methyl sites for hydroxylation is 1. The van der Waals surface area contributed by atoms with Crippen LogP contribution < -0.4 is 5.11 Å². The van der Waals surface area contributed by atoms with Crippen molar-refractivity contribution in [2.24, 2.45) is 7.05 Å². The molecule has 2 aromatic heterocycles. The molecule has 0 amide bonds. The van der Waals surface area contributed by atoms with Crippen molar-refractivity contribution in [1.82, 2.24) is 14.5 Å². The Kier molecular flexibility index (Phi) is 4.66. The lowest BCUT2D eigenvalue weighted by molar-refractivity contribution is -0.255. The van der Waals surface area contributed by atoms with E-state index in [1.807, 2.05) is 0 Å². The molecule has 0 aliphatic rings. The summed E-state index contributed by atoms with van der Waals surface area (Å²) in [6.45, 7) is 1.39. The Morgan fingerprint density at radius 1 is 1.25 bits per heavy atom. The Bertz CT molecular complexity index is 1200. The highest BCUT2D eigenvalue weighted by molar-refractivity contribution is 7.91. The van der Waals surface area contributed by atoms with Gasteiger partial charge in [0.2, 0.25) is 0 Å². The van der Waals surface area contributed by atoms with E-state index in [0.717, 1.165) is 18.2 Å². The van der Waals surface area contributed by atoms with E-state index in [-0.39, 0.29) is 38.8 Å². The van der Waals surface area contributed by atoms with Crippen LogP contribution in [0.3, 0.4) is 0 Å². The number of alkyl halides is 3. The van der Waals surface area contributed by atoms with Crippen LogP contribution in [0.25, 0.3) is 22.6 Å². The molecule has 0 bridgehead atoms. The van der Waals surface area contributed by atoms with Crippen molar-refractivity contribution in [2.45, 2.75) is 18.0 Å². The minimum atomic E-state index is -4.61. The molecular formula is C17H13F3N3O4S-. The molecular weight excluding hydrogens is 399 g/mol. The Balaban J connectivity index is 2.30. The molecule has 148 valence electrons. The van der Waals surface area contributed by atoms with Crippen LogP contribution in [-0.4, -0.2) is 34.7 Å². The topological polar surface area (TPSA) is 105 Å². The number of carbonyl (C=O) groups is 1. The normalized spacial score (nSPS) is 12.5. The van der Waals surface area contributed by atoms with Gasteiger partial charge in [-0.05, 0) is 23.8 Å². The van der Waals surface area contributed by atoms with Gasteiger partial charge in [0.05, 0.1) is 22.2 Å². The number of rotatable bonds is 4. The summed E-state index contributed by atoms with van der Waals surface area (Å²) >= 11 is 0.